The van der Waals surface area contributed by atoms with Gasteiger partial charge in [-0.05, 0) is 133 Å². The van der Waals surface area contributed by atoms with Gasteiger partial charge in [0.25, 0.3) is 0 Å². The molecule has 6 N–H and O–H groups in total. The summed E-state index contributed by atoms with van der Waals surface area (Å²) in [5.41, 5.74) is 1.73. The molecule has 2 heterocycles. The molecular weight excluding hydrogens is 702 g/mol. The maximum absolute atomic E-state index is 13.4. The number of aliphatic carboxylic acids is 2. The van der Waals surface area contributed by atoms with Crippen molar-refractivity contribution in [3.63, 3.8) is 0 Å². The van der Waals surface area contributed by atoms with Gasteiger partial charge < -0.3 is 44.8 Å². The molecule has 0 amide bonds. The molecule has 4 saturated carbocycles. The number of carbonyl (C=O) groups is 3. The SMILES string of the molecule is CCc1c[nH]cc1CCC12CCC(OC3OC(C(=O)O)C(O)C(O)C3O)C(C)(C)C1CCC1(C)C2CC=C2C3CC(C)(C)CC(C=O)C3(C(=O)O)CCC21C. The number of aromatic amines is 1. The van der Waals surface area contributed by atoms with Crippen LogP contribution in [0, 0.1) is 56.2 Å². The maximum Gasteiger partial charge on any atom is 0.335 e. The van der Waals surface area contributed by atoms with E-state index in [0.717, 1.165) is 64.1 Å². The molecule has 306 valence electrons. The molecule has 14 unspecified atom stereocenters. The minimum absolute atomic E-state index is 0.118. The van der Waals surface area contributed by atoms with E-state index in [0.29, 0.717) is 19.3 Å². The second-order valence-electron chi connectivity index (χ2n) is 20.3. The first kappa shape index (κ1) is 40.6. The lowest BCUT2D eigenvalue weighted by Crippen LogP contribution is -2.67. The first-order valence-electron chi connectivity index (χ1n) is 20.9. The van der Waals surface area contributed by atoms with Gasteiger partial charge in [-0.15, -0.1) is 0 Å². The van der Waals surface area contributed by atoms with E-state index in [1.807, 2.05) is 0 Å². The zero-order chi connectivity index (χ0) is 40.1. The third-order valence-corrected chi connectivity index (χ3v) is 17.2. The summed E-state index contributed by atoms with van der Waals surface area (Å²) in [5.74, 6) is -2.51. The van der Waals surface area contributed by atoms with E-state index < -0.39 is 65.5 Å². The van der Waals surface area contributed by atoms with Crippen molar-refractivity contribution in [2.24, 2.45) is 56.2 Å². The lowest BCUT2D eigenvalue weighted by molar-refractivity contribution is -0.325. The summed E-state index contributed by atoms with van der Waals surface area (Å²) in [6.45, 7) is 15.9. The summed E-state index contributed by atoms with van der Waals surface area (Å²) in [6, 6.07) is 0. The Kier molecular flexibility index (Phi) is 10.2. The van der Waals surface area contributed by atoms with Crippen LogP contribution in [0.3, 0.4) is 0 Å². The number of aliphatic hydroxyl groups is 3. The highest BCUT2D eigenvalue weighted by atomic mass is 16.7. The van der Waals surface area contributed by atoms with Gasteiger partial charge in [0.1, 0.15) is 24.6 Å². The van der Waals surface area contributed by atoms with Crippen LogP contribution in [0.15, 0.2) is 24.0 Å². The van der Waals surface area contributed by atoms with Crippen LogP contribution in [-0.4, -0.2) is 85.6 Å². The molecule has 55 heavy (non-hydrogen) atoms. The molecule has 11 heteroatoms. The summed E-state index contributed by atoms with van der Waals surface area (Å²) in [7, 11) is 0. The van der Waals surface area contributed by atoms with Gasteiger partial charge in [-0.25, -0.2) is 4.79 Å². The van der Waals surface area contributed by atoms with Gasteiger partial charge in [0.2, 0.25) is 0 Å². The second kappa shape index (κ2) is 13.8. The van der Waals surface area contributed by atoms with E-state index in [1.54, 1.807) is 0 Å². The third kappa shape index (κ3) is 5.86. The summed E-state index contributed by atoms with van der Waals surface area (Å²) in [4.78, 5) is 41.4. The van der Waals surface area contributed by atoms with Crippen LogP contribution in [0.5, 0.6) is 0 Å². The fourth-order valence-electron chi connectivity index (χ4n) is 14.2. The topological polar surface area (TPSA) is 187 Å². The number of carboxylic acid groups (broad SMARTS) is 2. The van der Waals surface area contributed by atoms with E-state index >= 15 is 0 Å². The van der Waals surface area contributed by atoms with Gasteiger partial charge >= 0.3 is 11.9 Å². The number of ether oxygens (including phenoxy) is 2. The molecule has 5 fully saturated rings. The Bertz CT molecular complexity index is 1700. The first-order valence-corrected chi connectivity index (χ1v) is 20.9. The van der Waals surface area contributed by atoms with Gasteiger partial charge in [0, 0.05) is 18.3 Å². The Balaban J connectivity index is 1.28. The van der Waals surface area contributed by atoms with E-state index in [-0.39, 0.29) is 39.4 Å². The number of carboxylic acids is 2. The maximum atomic E-state index is 13.4. The van der Waals surface area contributed by atoms with Crippen molar-refractivity contribution in [2.45, 2.75) is 162 Å². The summed E-state index contributed by atoms with van der Waals surface area (Å²) >= 11 is 0. The van der Waals surface area contributed by atoms with Crippen LogP contribution >= 0.6 is 0 Å². The Hall–Kier alpha value is -2.57. The second-order valence-corrected chi connectivity index (χ2v) is 20.3. The molecule has 0 spiro atoms. The number of aromatic nitrogens is 1. The molecule has 0 radical (unpaired) electrons. The van der Waals surface area contributed by atoms with Gasteiger partial charge in [0.05, 0.1) is 11.5 Å². The molecule has 14 atom stereocenters. The quantitative estimate of drug-likeness (QED) is 0.0978. The number of H-pyrrole nitrogens is 1. The lowest BCUT2D eigenvalue weighted by atomic mass is 9.32. The molecule has 1 aliphatic heterocycles. The minimum Gasteiger partial charge on any atom is -0.481 e. The molecule has 1 aromatic heterocycles. The Morgan fingerprint density at radius 3 is 2.27 bits per heavy atom. The molecule has 6 aliphatic rings. The number of fused-ring (bicyclic) bond motifs is 7. The lowest BCUT2D eigenvalue weighted by Gasteiger charge is -2.72. The van der Waals surface area contributed by atoms with Crippen molar-refractivity contribution in [2.75, 3.05) is 0 Å². The number of allylic oxidation sites excluding steroid dienone is 2. The normalized spacial score (nSPS) is 45.9. The molecule has 1 aromatic rings. The number of hydrogen-bond donors (Lipinski definition) is 6. The van der Waals surface area contributed by atoms with Crippen molar-refractivity contribution in [3.8, 4) is 0 Å². The number of carbonyl (C=O) groups excluding carboxylic acids is 1. The molecule has 11 nitrogen and oxygen atoms in total. The number of aldehydes is 1. The van der Waals surface area contributed by atoms with Gasteiger partial charge in [-0.3, -0.25) is 4.79 Å². The first-order chi connectivity index (χ1) is 25.7. The minimum atomic E-state index is -1.79. The Labute approximate surface area is 325 Å². The summed E-state index contributed by atoms with van der Waals surface area (Å²) in [5, 5.41) is 52.6. The molecule has 1 saturated heterocycles. The number of aryl methyl sites for hydroxylation is 2. The van der Waals surface area contributed by atoms with Gasteiger partial charge in [-0.1, -0.05) is 60.1 Å². The van der Waals surface area contributed by atoms with Crippen LogP contribution in [0.25, 0.3) is 0 Å². The van der Waals surface area contributed by atoms with Crippen molar-refractivity contribution in [3.05, 3.63) is 35.2 Å². The Morgan fingerprint density at radius 2 is 1.62 bits per heavy atom. The van der Waals surface area contributed by atoms with E-state index in [2.05, 4.69) is 71.9 Å². The third-order valence-electron chi connectivity index (χ3n) is 17.2. The van der Waals surface area contributed by atoms with Crippen LogP contribution in [0.1, 0.15) is 124 Å². The van der Waals surface area contributed by atoms with Crippen molar-refractivity contribution >= 4 is 18.2 Å². The molecule has 7 rings (SSSR count). The number of hydrogen-bond acceptors (Lipinski definition) is 8. The zero-order valence-electron chi connectivity index (χ0n) is 33.8. The molecule has 0 bridgehead atoms. The summed E-state index contributed by atoms with van der Waals surface area (Å²) in [6.07, 6.45) is 8.47. The fraction of sp³-hybridized carbons (Fsp3) is 0.795. The standard InChI is InChI=1S/C44H65NO10/c1-8-24-21-45-22-25(24)11-15-43-16-13-31(54-37-34(49)32(47)33(48)35(55-37)36(50)51)40(4,5)29(43)12-14-42(7)30(43)10-9-27-28-20-39(2,3)19-26(23-46)44(28,38(52)53)18-17-41(27,42)6/h9,21-23,26,28-35,37,45,47-49H,8,10-20H2,1-7H3,(H,50,51)(H,52,53). The van der Waals surface area contributed by atoms with Crippen molar-refractivity contribution < 1.29 is 49.4 Å². The van der Waals surface area contributed by atoms with Gasteiger partial charge in [0.15, 0.2) is 12.4 Å². The van der Waals surface area contributed by atoms with Gasteiger partial charge in [-0.2, -0.15) is 0 Å². The predicted octanol–water partition coefficient (Wildman–Crippen LogP) is 6.08. The van der Waals surface area contributed by atoms with Crippen LogP contribution < -0.4 is 0 Å². The average Bonchev–Trinajstić information content (AvgIpc) is 3.59. The highest BCUT2D eigenvalue weighted by Crippen LogP contribution is 2.77. The molecular formula is C44H65NO10. The predicted molar refractivity (Wildman–Crippen MR) is 204 cm³/mol. The number of nitrogens with one attached hydrogen (secondary N) is 1. The number of aliphatic hydroxyl groups excluding tert-OH is 3. The van der Waals surface area contributed by atoms with Crippen LogP contribution in [0.2, 0.25) is 0 Å². The fourth-order valence-corrected chi connectivity index (χ4v) is 14.2. The van der Waals surface area contributed by atoms with E-state index in [1.165, 1.54) is 16.7 Å². The summed E-state index contributed by atoms with van der Waals surface area (Å²) < 4.78 is 12.2. The van der Waals surface area contributed by atoms with Crippen LogP contribution in [-0.2, 0) is 36.7 Å². The number of rotatable bonds is 9. The smallest absolute Gasteiger partial charge is 0.335 e. The Morgan fingerprint density at radius 1 is 0.909 bits per heavy atom. The van der Waals surface area contributed by atoms with Crippen molar-refractivity contribution in [1.29, 1.82) is 0 Å². The molecule has 0 aromatic carbocycles. The van der Waals surface area contributed by atoms with Crippen molar-refractivity contribution in [1.82, 2.24) is 4.98 Å². The highest BCUT2D eigenvalue weighted by molar-refractivity contribution is 5.81. The van der Waals surface area contributed by atoms with E-state index in [4.69, 9.17) is 9.47 Å². The van der Waals surface area contributed by atoms with Crippen LogP contribution in [0.4, 0.5) is 0 Å². The largest absolute Gasteiger partial charge is 0.481 e. The molecule has 5 aliphatic carbocycles. The van der Waals surface area contributed by atoms with E-state index in [9.17, 15) is 39.9 Å². The monoisotopic (exact) mass is 767 g/mol. The highest BCUT2D eigenvalue weighted by Gasteiger charge is 2.71. The average molecular weight is 768 g/mol. The zero-order valence-corrected chi connectivity index (χ0v) is 33.8.